The van der Waals surface area contributed by atoms with Crippen LogP contribution in [0.2, 0.25) is 0 Å². The average molecular weight is 413 g/mol. The molecule has 0 saturated carbocycles. The Morgan fingerprint density at radius 3 is 2.20 bits per heavy atom. The van der Waals surface area contributed by atoms with Gasteiger partial charge in [0, 0.05) is 21.4 Å². The monoisotopic (exact) mass is 412 g/mol. The van der Waals surface area contributed by atoms with Crippen molar-refractivity contribution < 1.29 is 14.6 Å². The highest BCUT2D eigenvalue weighted by Crippen LogP contribution is 2.40. The highest BCUT2D eigenvalue weighted by Gasteiger charge is 2.11. The van der Waals surface area contributed by atoms with Crippen LogP contribution in [0.15, 0.2) is 97.1 Å². The molecular formula is C26H20O3S. The molecule has 1 N–H and O–H groups in total. The normalized spacial score (nSPS) is 10.9. The topological polar surface area (TPSA) is 46.5 Å². The molecule has 0 fully saturated rings. The molecule has 0 aliphatic rings. The van der Waals surface area contributed by atoms with Gasteiger partial charge in [0.2, 0.25) is 0 Å². The van der Waals surface area contributed by atoms with Gasteiger partial charge in [-0.2, -0.15) is 0 Å². The van der Waals surface area contributed by atoms with Crippen molar-refractivity contribution in [2.24, 2.45) is 0 Å². The van der Waals surface area contributed by atoms with E-state index >= 15 is 0 Å². The molecule has 0 aliphatic heterocycles. The molecule has 0 aliphatic carbocycles. The van der Waals surface area contributed by atoms with E-state index in [4.69, 9.17) is 9.84 Å². The maximum atomic E-state index is 10.9. The van der Waals surface area contributed by atoms with Crippen molar-refractivity contribution in [1.82, 2.24) is 0 Å². The number of ether oxygens (including phenoxy) is 1. The zero-order valence-electron chi connectivity index (χ0n) is 16.2. The second kappa shape index (κ2) is 9.25. The lowest BCUT2D eigenvalue weighted by molar-refractivity contribution is -0.131. The van der Waals surface area contributed by atoms with Gasteiger partial charge in [0.15, 0.2) is 0 Å². The molecule has 148 valence electrons. The van der Waals surface area contributed by atoms with Crippen LogP contribution in [0.5, 0.6) is 5.75 Å². The van der Waals surface area contributed by atoms with Gasteiger partial charge < -0.3 is 9.84 Å². The second-order valence-electron chi connectivity index (χ2n) is 6.69. The van der Waals surface area contributed by atoms with Crippen molar-refractivity contribution in [3.8, 4) is 26.6 Å². The molecule has 0 saturated heterocycles. The predicted octanol–water partition coefficient (Wildman–Crippen LogP) is 6.76. The van der Waals surface area contributed by atoms with Gasteiger partial charge >= 0.3 is 5.97 Å². The van der Waals surface area contributed by atoms with E-state index in [1.165, 1.54) is 6.08 Å². The third-order valence-electron chi connectivity index (χ3n) is 4.63. The van der Waals surface area contributed by atoms with Gasteiger partial charge in [0.25, 0.3) is 0 Å². The summed E-state index contributed by atoms with van der Waals surface area (Å²) in [6.07, 6.45) is 2.80. The van der Waals surface area contributed by atoms with Gasteiger partial charge in [0.1, 0.15) is 12.4 Å². The van der Waals surface area contributed by atoms with Crippen molar-refractivity contribution >= 4 is 23.4 Å². The van der Waals surface area contributed by atoms with Gasteiger partial charge in [-0.3, -0.25) is 0 Å². The van der Waals surface area contributed by atoms with Gasteiger partial charge in [-0.15, -0.1) is 11.3 Å². The number of hydrogen-bond donors (Lipinski definition) is 1. The third-order valence-corrected chi connectivity index (χ3v) is 5.78. The summed E-state index contributed by atoms with van der Waals surface area (Å²) in [7, 11) is 0. The van der Waals surface area contributed by atoms with Crippen LogP contribution in [0.4, 0.5) is 0 Å². The Bertz CT molecular complexity index is 1180. The van der Waals surface area contributed by atoms with Crippen molar-refractivity contribution in [1.29, 1.82) is 0 Å². The summed E-state index contributed by atoms with van der Waals surface area (Å²) in [6, 6.07) is 30.1. The minimum absolute atomic E-state index is 0.513. The fourth-order valence-electron chi connectivity index (χ4n) is 3.19. The maximum absolute atomic E-state index is 10.9. The predicted molar refractivity (Wildman–Crippen MR) is 123 cm³/mol. The van der Waals surface area contributed by atoms with Crippen LogP contribution in [0.3, 0.4) is 0 Å². The molecular weight excluding hydrogens is 392 g/mol. The molecule has 4 rings (SSSR count). The van der Waals surface area contributed by atoms with Crippen LogP contribution in [-0.4, -0.2) is 11.1 Å². The molecule has 0 amide bonds. The highest BCUT2D eigenvalue weighted by atomic mass is 32.1. The van der Waals surface area contributed by atoms with Gasteiger partial charge in [-0.1, -0.05) is 66.7 Å². The second-order valence-corrected chi connectivity index (χ2v) is 7.78. The summed E-state index contributed by atoms with van der Waals surface area (Å²) in [5.41, 5.74) is 4.05. The molecule has 1 aromatic heterocycles. The number of carboxylic acids is 1. The number of carbonyl (C=O) groups is 1. The molecule has 0 radical (unpaired) electrons. The molecule has 30 heavy (non-hydrogen) atoms. The molecule has 0 bridgehead atoms. The SMILES string of the molecule is O=C(O)C=Cc1ccccc1-c1ccc(-c2ccccc2OCc2ccccc2)s1. The van der Waals surface area contributed by atoms with Crippen molar-refractivity contribution in [3.05, 3.63) is 108 Å². The van der Waals surface area contributed by atoms with Gasteiger partial charge in [-0.25, -0.2) is 4.79 Å². The van der Waals surface area contributed by atoms with E-state index in [1.54, 1.807) is 17.4 Å². The van der Waals surface area contributed by atoms with Crippen LogP contribution in [0.25, 0.3) is 27.0 Å². The van der Waals surface area contributed by atoms with E-state index in [1.807, 2.05) is 72.8 Å². The number of thiophene rings is 1. The maximum Gasteiger partial charge on any atom is 0.328 e. The number of para-hydroxylation sites is 1. The molecule has 3 aromatic carbocycles. The average Bonchev–Trinajstić information content (AvgIpc) is 3.27. The first-order chi connectivity index (χ1) is 14.7. The number of rotatable bonds is 7. The van der Waals surface area contributed by atoms with E-state index in [0.29, 0.717) is 6.61 Å². The Labute approximate surface area is 179 Å². The zero-order chi connectivity index (χ0) is 20.8. The largest absolute Gasteiger partial charge is 0.488 e. The van der Waals surface area contributed by atoms with E-state index in [2.05, 4.69) is 18.2 Å². The molecule has 0 unspecified atom stereocenters. The van der Waals surface area contributed by atoms with Gasteiger partial charge in [-0.05, 0) is 47.0 Å². The Balaban J connectivity index is 1.62. The number of carboxylic acid groups (broad SMARTS) is 1. The van der Waals surface area contributed by atoms with Crippen LogP contribution in [-0.2, 0) is 11.4 Å². The Kier molecular flexibility index (Phi) is 6.06. The lowest BCUT2D eigenvalue weighted by Crippen LogP contribution is -1.96. The van der Waals surface area contributed by atoms with Crippen LogP contribution in [0.1, 0.15) is 11.1 Å². The first-order valence-corrected chi connectivity index (χ1v) is 10.4. The summed E-state index contributed by atoms with van der Waals surface area (Å²) in [5.74, 6) is -0.116. The molecule has 4 heteroatoms. The molecule has 0 spiro atoms. The van der Waals surface area contributed by atoms with Crippen LogP contribution in [0, 0.1) is 0 Å². The number of aliphatic carboxylic acids is 1. The Morgan fingerprint density at radius 2 is 1.43 bits per heavy atom. The smallest absolute Gasteiger partial charge is 0.328 e. The summed E-state index contributed by atoms with van der Waals surface area (Å²) >= 11 is 1.66. The first-order valence-electron chi connectivity index (χ1n) is 9.57. The molecule has 1 heterocycles. The quantitative estimate of drug-likeness (QED) is 0.341. The van der Waals surface area contributed by atoms with E-state index in [9.17, 15) is 4.79 Å². The van der Waals surface area contributed by atoms with Crippen LogP contribution >= 0.6 is 11.3 Å². The lowest BCUT2D eigenvalue weighted by atomic mass is 10.1. The number of benzene rings is 3. The van der Waals surface area contributed by atoms with Gasteiger partial charge in [0.05, 0.1) is 0 Å². The fraction of sp³-hybridized carbons (Fsp3) is 0.0385. The summed E-state index contributed by atoms with van der Waals surface area (Å²) < 4.78 is 6.11. The summed E-state index contributed by atoms with van der Waals surface area (Å²) in [5, 5.41) is 8.95. The van der Waals surface area contributed by atoms with E-state index in [0.717, 1.165) is 37.8 Å². The zero-order valence-corrected chi connectivity index (χ0v) is 17.0. The standard InChI is InChI=1S/C26H20O3S/c27-26(28)17-14-20-10-4-5-11-21(20)24-15-16-25(30-24)22-12-6-7-13-23(22)29-18-19-8-2-1-3-9-19/h1-17H,18H2,(H,27,28). The van der Waals surface area contributed by atoms with Crippen molar-refractivity contribution in [3.63, 3.8) is 0 Å². The van der Waals surface area contributed by atoms with Crippen molar-refractivity contribution in [2.45, 2.75) is 6.61 Å². The Hall–Kier alpha value is -3.63. The highest BCUT2D eigenvalue weighted by molar-refractivity contribution is 7.18. The molecule has 3 nitrogen and oxygen atoms in total. The number of hydrogen-bond acceptors (Lipinski definition) is 3. The summed E-state index contributed by atoms with van der Waals surface area (Å²) in [4.78, 5) is 13.1. The lowest BCUT2D eigenvalue weighted by Gasteiger charge is -2.10. The minimum Gasteiger partial charge on any atom is -0.488 e. The summed E-state index contributed by atoms with van der Waals surface area (Å²) in [6.45, 7) is 0.513. The third kappa shape index (κ3) is 4.67. The molecule has 4 aromatic rings. The van der Waals surface area contributed by atoms with Crippen molar-refractivity contribution in [2.75, 3.05) is 0 Å². The fourth-order valence-corrected chi connectivity index (χ4v) is 4.27. The van der Waals surface area contributed by atoms with E-state index in [-0.39, 0.29) is 0 Å². The first kappa shape index (κ1) is 19.7. The minimum atomic E-state index is -0.957. The van der Waals surface area contributed by atoms with E-state index < -0.39 is 5.97 Å². The Morgan fingerprint density at radius 1 is 0.800 bits per heavy atom. The van der Waals surface area contributed by atoms with Crippen LogP contribution < -0.4 is 4.74 Å². The molecule has 0 atom stereocenters.